The fourth-order valence-corrected chi connectivity index (χ4v) is 3.02. The van der Waals surface area contributed by atoms with Crippen LogP contribution in [0.25, 0.3) is 0 Å². The van der Waals surface area contributed by atoms with Gasteiger partial charge >= 0.3 is 0 Å². The molecule has 0 unspecified atom stereocenters. The summed E-state index contributed by atoms with van der Waals surface area (Å²) in [6, 6.07) is 16.0. The van der Waals surface area contributed by atoms with Gasteiger partial charge in [0.15, 0.2) is 0 Å². The lowest BCUT2D eigenvalue weighted by molar-refractivity contribution is -0.126. The molecular formula is C18H18FNO. The second-order valence-corrected chi connectivity index (χ2v) is 5.64. The van der Waals surface area contributed by atoms with Crippen LogP contribution in [0, 0.1) is 5.82 Å². The van der Waals surface area contributed by atoms with E-state index in [1.165, 1.54) is 12.1 Å². The van der Waals surface area contributed by atoms with Crippen LogP contribution in [-0.4, -0.2) is 13.0 Å². The van der Waals surface area contributed by atoms with Crippen molar-refractivity contribution in [3.63, 3.8) is 0 Å². The highest BCUT2D eigenvalue weighted by atomic mass is 19.1. The first-order valence-corrected chi connectivity index (χ1v) is 7.23. The number of likely N-dealkylation sites (N-methyl/N-ethyl adjacent to an activating group) is 1. The number of amides is 1. The Bertz CT molecular complexity index is 632. The monoisotopic (exact) mass is 283 g/mol. The summed E-state index contributed by atoms with van der Waals surface area (Å²) >= 11 is 0. The molecule has 0 bridgehead atoms. The molecule has 0 aliphatic heterocycles. The zero-order valence-electron chi connectivity index (χ0n) is 12.1. The molecule has 1 amide bonds. The highest BCUT2D eigenvalue weighted by Crippen LogP contribution is 2.45. The first-order valence-electron chi connectivity index (χ1n) is 7.23. The van der Waals surface area contributed by atoms with Crippen molar-refractivity contribution in [2.24, 2.45) is 0 Å². The summed E-state index contributed by atoms with van der Waals surface area (Å²) in [5.74, 6) is -0.177. The Kier molecular flexibility index (Phi) is 3.50. The van der Waals surface area contributed by atoms with Crippen LogP contribution in [0.4, 0.5) is 10.1 Å². The van der Waals surface area contributed by atoms with Gasteiger partial charge in [-0.25, -0.2) is 4.39 Å². The maximum atomic E-state index is 13.1. The number of hydrogen-bond donors (Lipinski definition) is 0. The summed E-state index contributed by atoms with van der Waals surface area (Å²) in [6.07, 6.45) is 2.69. The molecule has 2 aromatic carbocycles. The number of hydrogen-bond acceptors (Lipinski definition) is 1. The number of carbonyl (C=O) groups is 1. The zero-order valence-corrected chi connectivity index (χ0v) is 12.1. The van der Waals surface area contributed by atoms with E-state index in [1.807, 2.05) is 30.3 Å². The number of rotatable bonds is 3. The van der Waals surface area contributed by atoms with Gasteiger partial charge in [-0.05, 0) is 42.7 Å². The molecule has 108 valence electrons. The Morgan fingerprint density at radius 3 is 2.19 bits per heavy atom. The Morgan fingerprint density at radius 1 is 1.05 bits per heavy atom. The van der Waals surface area contributed by atoms with E-state index in [0.29, 0.717) is 0 Å². The topological polar surface area (TPSA) is 20.3 Å². The van der Waals surface area contributed by atoms with Crippen LogP contribution in [0.15, 0.2) is 54.6 Å². The third-order valence-electron chi connectivity index (χ3n) is 4.46. The van der Waals surface area contributed by atoms with E-state index in [1.54, 1.807) is 24.1 Å². The average Bonchev–Trinajstić information content (AvgIpc) is 2.48. The van der Waals surface area contributed by atoms with E-state index < -0.39 is 5.41 Å². The van der Waals surface area contributed by atoms with Crippen molar-refractivity contribution < 1.29 is 9.18 Å². The number of anilines is 1. The third kappa shape index (κ3) is 2.33. The molecule has 0 heterocycles. The van der Waals surface area contributed by atoms with Gasteiger partial charge < -0.3 is 4.90 Å². The minimum absolute atomic E-state index is 0.0894. The van der Waals surface area contributed by atoms with E-state index in [4.69, 9.17) is 0 Å². The van der Waals surface area contributed by atoms with Gasteiger partial charge in [-0.1, -0.05) is 36.8 Å². The van der Waals surface area contributed by atoms with Crippen LogP contribution in [0.5, 0.6) is 0 Å². The Labute approximate surface area is 124 Å². The summed E-state index contributed by atoms with van der Waals surface area (Å²) < 4.78 is 13.1. The molecule has 0 N–H and O–H groups in total. The van der Waals surface area contributed by atoms with E-state index in [2.05, 4.69) is 0 Å². The SMILES string of the molecule is CN(C(=O)C1(c2ccc(F)cc2)CCC1)c1ccccc1. The molecule has 0 radical (unpaired) electrons. The molecular weight excluding hydrogens is 265 g/mol. The lowest BCUT2D eigenvalue weighted by atomic mass is 9.63. The highest BCUT2D eigenvalue weighted by molar-refractivity contribution is 6.01. The minimum atomic E-state index is -0.488. The third-order valence-corrected chi connectivity index (χ3v) is 4.46. The fraction of sp³-hybridized carbons (Fsp3) is 0.278. The molecule has 2 aromatic rings. The molecule has 1 aliphatic rings. The molecule has 1 fully saturated rings. The van der Waals surface area contributed by atoms with E-state index in [0.717, 1.165) is 30.5 Å². The van der Waals surface area contributed by atoms with Gasteiger partial charge in [-0.3, -0.25) is 4.79 Å². The predicted molar refractivity (Wildman–Crippen MR) is 81.8 cm³/mol. The Balaban J connectivity index is 1.92. The summed E-state index contributed by atoms with van der Waals surface area (Å²) in [7, 11) is 1.81. The molecule has 0 aromatic heterocycles. The van der Waals surface area contributed by atoms with Gasteiger partial charge in [-0.2, -0.15) is 0 Å². The van der Waals surface area contributed by atoms with Gasteiger partial charge in [0.05, 0.1) is 5.41 Å². The van der Waals surface area contributed by atoms with Crippen molar-refractivity contribution in [2.45, 2.75) is 24.7 Å². The van der Waals surface area contributed by atoms with Crippen molar-refractivity contribution in [3.05, 3.63) is 66.0 Å². The van der Waals surface area contributed by atoms with Crippen LogP contribution in [0.1, 0.15) is 24.8 Å². The normalized spacial score (nSPS) is 16.1. The van der Waals surface area contributed by atoms with Gasteiger partial charge in [0, 0.05) is 12.7 Å². The van der Waals surface area contributed by atoms with Crippen LogP contribution >= 0.6 is 0 Å². The first-order chi connectivity index (χ1) is 10.1. The van der Waals surface area contributed by atoms with Crippen molar-refractivity contribution >= 4 is 11.6 Å². The van der Waals surface area contributed by atoms with E-state index in [-0.39, 0.29) is 11.7 Å². The lowest BCUT2D eigenvalue weighted by Gasteiger charge is -2.43. The highest BCUT2D eigenvalue weighted by Gasteiger charge is 2.47. The maximum absolute atomic E-state index is 13.1. The number of halogens is 1. The lowest BCUT2D eigenvalue weighted by Crippen LogP contribution is -2.50. The van der Waals surface area contributed by atoms with Gasteiger partial charge in [0.2, 0.25) is 5.91 Å². The van der Waals surface area contributed by atoms with E-state index >= 15 is 0 Å². The molecule has 1 aliphatic carbocycles. The number of nitrogens with zero attached hydrogens (tertiary/aromatic N) is 1. The van der Waals surface area contributed by atoms with Crippen molar-refractivity contribution in [1.29, 1.82) is 0 Å². The number of para-hydroxylation sites is 1. The average molecular weight is 283 g/mol. The largest absolute Gasteiger partial charge is 0.315 e. The predicted octanol–water partition coefficient (Wildman–Crippen LogP) is 3.91. The number of benzene rings is 2. The Hall–Kier alpha value is -2.16. The minimum Gasteiger partial charge on any atom is -0.315 e. The fourth-order valence-electron chi connectivity index (χ4n) is 3.02. The van der Waals surface area contributed by atoms with E-state index in [9.17, 15) is 9.18 Å². The number of carbonyl (C=O) groups excluding carboxylic acids is 1. The first kappa shape index (κ1) is 13.8. The Morgan fingerprint density at radius 2 is 1.67 bits per heavy atom. The van der Waals surface area contributed by atoms with Gasteiger partial charge in [-0.15, -0.1) is 0 Å². The summed E-state index contributed by atoms with van der Waals surface area (Å²) in [5.41, 5.74) is 1.32. The standard InChI is InChI=1S/C18H18FNO/c1-20(16-6-3-2-4-7-16)17(21)18(12-5-13-18)14-8-10-15(19)11-9-14/h2-4,6-11H,5,12-13H2,1H3. The second-order valence-electron chi connectivity index (χ2n) is 5.64. The zero-order chi connectivity index (χ0) is 14.9. The van der Waals surface area contributed by atoms with Crippen LogP contribution in [0.2, 0.25) is 0 Å². The summed E-state index contributed by atoms with van der Waals surface area (Å²) in [4.78, 5) is 14.7. The van der Waals surface area contributed by atoms with Gasteiger partial charge in [0.25, 0.3) is 0 Å². The quantitative estimate of drug-likeness (QED) is 0.836. The molecule has 0 spiro atoms. The second kappa shape index (κ2) is 5.32. The van der Waals surface area contributed by atoms with Crippen molar-refractivity contribution in [1.82, 2.24) is 0 Å². The van der Waals surface area contributed by atoms with Crippen LogP contribution in [-0.2, 0) is 10.2 Å². The summed E-state index contributed by atoms with van der Waals surface area (Å²) in [6.45, 7) is 0. The molecule has 21 heavy (non-hydrogen) atoms. The molecule has 3 rings (SSSR count). The maximum Gasteiger partial charge on any atom is 0.237 e. The van der Waals surface area contributed by atoms with Crippen molar-refractivity contribution in [3.8, 4) is 0 Å². The van der Waals surface area contributed by atoms with Gasteiger partial charge in [0.1, 0.15) is 5.82 Å². The molecule has 0 atom stereocenters. The molecule has 1 saturated carbocycles. The summed E-state index contributed by atoms with van der Waals surface area (Å²) in [5, 5.41) is 0. The smallest absolute Gasteiger partial charge is 0.237 e. The van der Waals surface area contributed by atoms with Crippen LogP contribution in [0.3, 0.4) is 0 Å². The molecule has 3 heteroatoms. The van der Waals surface area contributed by atoms with Crippen molar-refractivity contribution in [2.75, 3.05) is 11.9 Å². The van der Waals surface area contributed by atoms with Crippen LogP contribution < -0.4 is 4.90 Å². The molecule has 0 saturated heterocycles. The molecule has 2 nitrogen and oxygen atoms in total.